The summed E-state index contributed by atoms with van der Waals surface area (Å²) in [4.78, 5) is 4.60. The highest BCUT2D eigenvalue weighted by Gasteiger charge is 2.17. The Morgan fingerprint density at radius 2 is 2.00 bits per heavy atom. The summed E-state index contributed by atoms with van der Waals surface area (Å²) < 4.78 is 36.0. The molecule has 0 aliphatic carbocycles. The largest absolute Gasteiger partial charge is 0.493 e. The van der Waals surface area contributed by atoms with Crippen molar-refractivity contribution in [1.82, 2.24) is 10.6 Å². The summed E-state index contributed by atoms with van der Waals surface area (Å²) in [5, 5.41) is 6.50. The topological polar surface area (TPSA) is 73.3 Å². The number of methoxy groups -OCH3 is 1. The maximum absolute atomic E-state index is 13.9. The lowest BCUT2D eigenvalue weighted by Gasteiger charge is -2.21. The van der Waals surface area contributed by atoms with Gasteiger partial charge in [-0.1, -0.05) is 12.1 Å². The molecule has 1 aliphatic heterocycles. The number of hydrogen-bond donors (Lipinski definition) is 2. The zero-order valence-corrected chi connectivity index (χ0v) is 21.0. The van der Waals surface area contributed by atoms with Crippen LogP contribution in [0.5, 0.6) is 17.2 Å². The minimum absolute atomic E-state index is 0. The first-order chi connectivity index (χ1) is 15.1. The van der Waals surface area contributed by atoms with Crippen molar-refractivity contribution < 1.29 is 23.3 Å². The number of ether oxygens (including phenoxy) is 4. The lowest BCUT2D eigenvalue weighted by atomic mass is 10.1. The summed E-state index contributed by atoms with van der Waals surface area (Å²) in [7, 11) is 1.62. The van der Waals surface area contributed by atoms with Crippen LogP contribution in [-0.2, 0) is 17.8 Å². The van der Waals surface area contributed by atoms with Gasteiger partial charge in [-0.25, -0.2) is 9.38 Å². The van der Waals surface area contributed by atoms with Crippen LogP contribution in [-0.4, -0.2) is 45.6 Å². The van der Waals surface area contributed by atoms with Crippen LogP contribution in [0.3, 0.4) is 0 Å². The number of rotatable bonds is 9. The summed E-state index contributed by atoms with van der Waals surface area (Å²) in [5.41, 5.74) is 1.55. The standard InChI is InChI=1S/C23H30FN3O4.HI/c1-4-25-23(27-13-16(2)31-21-8-6-5-7-20(21)28-3)26-10-9-17-11-19(24)12-18-14-29-15-30-22(17)18;/h5-8,11-12,16H,4,9-10,13-15H2,1-3H3,(H2,25,26,27);1H. The van der Waals surface area contributed by atoms with Crippen LogP contribution in [0.2, 0.25) is 0 Å². The van der Waals surface area contributed by atoms with Crippen molar-refractivity contribution in [3.63, 3.8) is 0 Å². The van der Waals surface area contributed by atoms with E-state index in [4.69, 9.17) is 18.9 Å². The molecule has 1 aliphatic rings. The lowest BCUT2D eigenvalue weighted by molar-refractivity contribution is -0.0172. The number of fused-ring (bicyclic) bond motifs is 1. The maximum Gasteiger partial charge on any atom is 0.191 e. The van der Waals surface area contributed by atoms with Gasteiger partial charge < -0.3 is 29.6 Å². The summed E-state index contributed by atoms with van der Waals surface area (Å²) in [6, 6.07) is 10.5. The number of benzene rings is 2. The fourth-order valence-electron chi connectivity index (χ4n) is 3.29. The first-order valence-electron chi connectivity index (χ1n) is 10.4. The number of nitrogens with one attached hydrogen (secondary N) is 2. The maximum atomic E-state index is 13.9. The average Bonchev–Trinajstić information content (AvgIpc) is 2.77. The predicted octanol–water partition coefficient (Wildman–Crippen LogP) is 3.88. The Bertz CT molecular complexity index is 898. The highest BCUT2D eigenvalue weighted by Crippen LogP contribution is 2.29. The second-order valence-electron chi connectivity index (χ2n) is 7.14. The molecule has 32 heavy (non-hydrogen) atoms. The molecule has 0 bridgehead atoms. The number of halogens is 2. The van der Waals surface area contributed by atoms with Gasteiger partial charge in [0.15, 0.2) is 24.3 Å². The van der Waals surface area contributed by atoms with Gasteiger partial charge in [-0.3, -0.25) is 0 Å². The van der Waals surface area contributed by atoms with Crippen molar-refractivity contribution in [3.8, 4) is 17.2 Å². The molecule has 3 rings (SSSR count). The van der Waals surface area contributed by atoms with E-state index < -0.39 is 0 Å². The molecular weight excluding hydrogens is 528 g/mol. The monoisotopic (exact) mass is 559 g/mol. The molecule has 0 fully saturated rings. The van der Waals surface area contributed by atoms with Crippen LogP contribution in [0, 0.1) is 5.82 Å². The molecule has 0 aromatic heterocycles. The Morgan fingerprint density at radius 1 is 1.22 bits per heavy atom. The molecule has 0 saturated carbocycles. The van der Waals surface area contributed by atoms with E-state index in [1.165, 1.54) is 12.1 Å². The highest BCUT2D eigenvalue weighted by molar-refractivity contribution is 14.0. The van der Waals surface area contributed by atoms with E-state index in [1.807, 2.05) is 38.1 Å². The van der Waals surface area contributed by atoms with Crippen molar-refractivity contribution in [3.05, 3.63) is 53.3 Å². The van der Waals surface area contributed by atoms with E-state index in [0.29, 0.717) is 43.6 Å². The molecule has 9 heteroatoms. The Kier molecular flexibility index (Phi) is 10.8. The number of nitrogens with zero attached hydrogens (tertiary/aromatic N) is 1. The smallest absolute Gasteiger partial charge is 0.191 e. The molecule has 0 amide bonds. The zero-order chi connectivity index (χ0) is 22.1. The van der Waals surface area contributed by atoms with E-state index in [0.717, 1.165) is 23.4 Å². The fourth-order valence-corrected chi connectivity index (χ4v) is 3.29. The first-order valence-corrected chi connectivity index (χ1v) is 10.4. The molecule has 2 aromatic carbocycles. The molecule has 1 atom stereocenters. The minimum atomic E-state index is -0.286. The second kappa shape index (κ2) is 13.3. The fraction of sp³-hybridized carbons (Fsp3) is 0.435. The zero-order valence-electron chi connectivity index (χ0n) is 18.7. The Hall–Kier alpha value is -2.27. The van der Waals surface area contributed by atoms with Crippen molar-refractivity contribution in [2.45, 2.75) is 33.0 Å². The van der Waals surface area contributed by atoms with Gasteiger partial charge in [0, 0.05) is 18.7 Å². The van der Waals surface area contributed by atoms with Crippen molar-refractivity contribution in [2.24, 2.45) is 4.99 Å². The minimum Gasteiger partial charge on any atom is -0.493 e. The second-order valence-corrected chi connectivity index (χ2v) is 7.14. The summed E-state index contributed by atoms with van der Waals surface area (Å²) in [6.45, 7) is 6.27. The Balaban J connectivity index is 0.00000363. The van der Waals surface area contributed by atoms with Gasteiger partial charge in [0.05, 0.1) is 20.3 Å². The van der Waals surface area contributed by atoms with Crippen LogP contribution in [0.25, 0.3) is 0 Å². The van der Waals surface area contributed by atoms with Crippen LogP contribution < -0.4 is 24.8 Å². The van der Waals surface area contributed by atoms with Gasteiger partial charge in [-0.15, -0.1) is 24.0 Å². The van der Waals surface area contributed by atoms with E-state index in [9.17, 15) is 4.39 Å². The van der Waals surface area contributed by atoms with Crippen LogP contribution in [0.4, 0.5) is 4.39 Å². The number of aliphatic imine (C=N–C) groups is 1. The Labute approximate surface area is 205 Å². The molecular formula is C23H31FIN3O4. The average molecular weight is 559 g/mol. The van der Waals surface area contributed by atoms with E-state index in [-0.39, 0.29) is 42.7 Å². The van der Waals surface area contributed by atoms with Gasteiger partial charge in [0.25, 0.3) is 0 Å². The molecule has 0 radical (unpaired) electrons. The van der Waals surface area contributed by atoms with Gasteiger partial charge in [-0.05, 0) is 50.1 Å². The lowest BCUT2D eigenvalue weighted by Crippen LogP contribution is -2.39. The van der Waals surface area contributed by atoms with Crippen molar-refractivity contribution in [1.29, 1.82) is 0 Å². The summed E-state index contributed by atoms with van der Waals surface area (Å²) >= 11 is 0. The third-order valence-electron chi connectivity index (χ3n) is 4.69. The third kappa shape index (κ3) is 7.40. The molecule has 7 nitrogen and oxygen atoms in total. The van der Waals surface area contributed by atoms with Crippen LogP contribution in [0.1, 0.15) is 25.0 Å². The molecule has 2 aromatic rings. The summed E-state index contributed by atoms with van der Waals surface area (Å²) in [6.07, 6.45) is 0.452. The molecule has 2 N–H and O–H groups in total. The molecule has 176 valence electrons. The highest BCUT2D eigenvalue weighted by atomic mass is 127. The van der Waals surface area contributed by atoms with Crippen LogP contribution in [0.15, 0.2) is 41.4 Å². The molecule has 1 unspecified atom stereocenters. The van der Waals surface area contributed by atoms with E-state index >= 15 is 0 Å². The number of guanidine groups is 1. The van der Waals surface area contributed by atoms with E-state index in [2.05, 4.69) is 15.6 Å². The predicted molar refractivity (Wildman–Crippen MR) is 133 cm³/mol. The number of para-hydroxylation sites is 2. The Morgan fingerprint density at radius 3 is 2.75 bits per heavy atom. The first kappa shape index (κ1) is 26.0. The van der Waals surface area contributed by atoms with Gasteiger partial charge >= 0.3 is 0 Å². The quantitative estimate of drug-likeness (QED) is 0.276. The molecule has 0 spiro atoms. The van der Waals surface area contributed by atoms with Crippen molar-refractivity contribution in [2.75, 3.05) is 33.5 Å². The van der Waals surface area contributed by atoms with Gasteiger partial charge in [0.1, 0.15) is 17.7 Å². The SMILES string of the molecule is CCNC(=NCC(C)Oc1ccccc1OC)NCCc1cc(F)cc2c1OCOC2.I. The van der Waals surface area contributed by atoms with Crippen molar-refractivity contribution >= 4 is 29.9 Å². The third-order valence-corrected chi connectivity index (χ3v) is 4.69. The van der Waals surface area contributed by atoms with Crippen LogP contribution >= 0.6 is 24.0 Å². The summed E-state index contributed by atoms with van der Waals surface area (Å²) in [5.74, 6) is 2.48. The number of hydrogen-bond acceptors (Lipinski definition) is 5. The normalized spacial score (nSPS) is 13.8. The van der Waals surface area contributed by atoms with Gasteiger partial charge in [-0.2, -0.15) is 0 Å². The van der Waals surface area contributed by atoms with E-state index in [1.54, 1.807) is 7.11 Å². The van der Waals surface area contributed by atoms with Gasteiger partial charge in [0.2, 0.25) is 0 Å². The molecule has 1 heterocycles. The molecule has 0 saturated heterocycles.